The Kier molecular flexibility index (Phi) is 5.27. The average molecular weight is 439 g/mol. The second-order valence-electron chi connectivity index (χ2n) is 7.92. The fourth-order valence-electron chi connectivity index (χ4n) is 4.56. The first kappa shape index (κ1) is 20.7. The monoisotopic (exact) mass is 439 g/mol. The van der Waals surface area contributed by atoms with E-state index >= 15 is 0 Å². The number of methoxy groups -OCH3 is 1. The third-order valence-corrected chi connectivity index (χ3v) is 6.06. The number of terminal acetylenes is 1. The van der Waals surface area contributed by atoms with Crippen LogP contribution in [0.15, 0.2) is 54.9 Å². The molecule has 33 heavy (non-hydrogen) atoms. The topological polar surface area (TPSA) is 77.2 Å². The van der Waals surface area contributed by atoms with Gasteiger partial charge in [0.15, 0.2) is 5.82 Å². The first-order valence-corrected chi connectivity index (χ1v) is 10.7. The fourth-order valence-corrected chi connectivity index (χ4v) is 4.56. The largest absolute Gasteiger partial charge is 0.496 e. The zero-order chi connectivity index (χ0) is 22.9. The van der Waals surface area contributed by atoms with Crippen LogP contribution in [0.4, 0.5) is 16.0 Å². The molecule has 3 heterocycles. The Balaban J connectivity index is 1.74. The molecule has 1 aliphatic rings. The highest BCUT2D eigenvalue weighted by atomic mass is 19.1. The quantitative estimate of drug-likeness (QED) is 0.463. The smallest absolute Gasteiger partial charge is 0.150 e. The molecule has 6 nitrogen and oxygen atoms in total. The number of halogens is 1. The van der Waals surface area contributed by atoms with E-state index in [0.717, 1.165) is 41.6 Å². The molecule has 0 saturated carbocycles. The highest BCUT2D eigenvalue weighted by molar-refractivity contribution is 5.85. The summed E-state index contributed by atoms with van der Waals surface area (Å²) in [5, 5.41) is 0.858. The van der Waals surface area contributed by atoms with Gasteiger partial charge in [-0.1, -0.05) is 18.1 Å². The minimum Gasteiger partial charge on any atom is -0.496 e. The zero-order valence-electron chi connectivity index (χ0n) is 18.1. The number of nitrogen functional groups attached to an aromatic ring is 1. The van der Waals surface area contributed by atoms with Crippen molar-refractivity contribution in [3.8, 4) is 29.4 Å². The fraction of sp³-hybridized carbons (Fsp3) is 0.192. The molecule has 0 bridgehead atoms. The number of ether oxygens (including phenoxy) is 1. The van der Waals surface area contributed by atoms with Crippen molar-refractivity contribution in [3.63, 3.8) is 0 Å². The zero-order valence-corrected chi connectivity index (χ0v) is 18.1. The maximum atomic E-state index is 14.0. The number of anilines is 2. The molecule has 7 heteroatoms. The predicted octanol–water partition coefficient (Wildman–Crippen LogP) is 4.74. The lowest BCUT2D eigenvalue weighted by Crippen LogP contribution is -2.26. The standard InChI is InChI=1S/C26H22FN5O/c1-3-18-25(28)29-15-30-26(18)32-12-6-8-22(32)20-13-16-10-11-17(27)14-21(16)31-24(20)19-7-4-5-9-23(19)33-2/h1,4-5,7,9-11,13-15,22H,6,8,12H2,2H3,(H2,28,29,30). The summed E-state index contributed by atoms with van der Waals surface area (Å²) in [6.45, 7) is 0.766. The molecule has 4 aromatic rings. The minimum absolute atomic E-state index is 0.0479. The first-order valence-electron chi connectivity index (χ1n) is 10.7. The van der Waals surface area contributed by atoms with Crippen LogP contribution in [0.1, 0.15) is 30.0 Å². The first-order chi connectivity index (χ1) is 16.1. The molecular formula is C26H22FN5O. The molecule has 2 aromatic carbocycles. The molecular weight excluding hydrogens is 417 g/mol. The van der Waals surface area contributed by atoms with Gasteiger partial charge in [0.05, 0.1) is 24.4 Å². The molecule has 2 aromatic heterocycles. The Morgan fingerprint density at radius 1 is 1.18 bits per heavy atom. The van der Waals surface area contributed by atoms with Gasteiger partial charge in [-0.05, 0) is 43.2 Å². The van der Waals surface area contributed by atoms with E-state index in [2.05, 4.69) is 26.9 Å². The molecule has 1 saturated heterocycles. The van der Waals surface area contributed by atoms with Crippen LogP contribution in [0, 0.1) is 18.2 Å². The summed E-state index contributed by atoms with van der Waals surface area (Å²) in [7, 11) is 1.63. The van der Waals surface area contributed by atoms with Crippen molar-refractivity contribution < 1.29 is 9.13 Å². The van der Waals surface area contributed by atoms with Crippen LogP contribution in [0.3, 0.4) is 0 Å². The normalized spacial score (nSPS) is 15.5. The van der Waals surface area contributed by atoms with Gasteiger partial charge in [-0.25, -0.2) is 19.3 Å². The number of hydrogen-bond donors (Lipinski definition) is 1. The van der Waals surface area contributed by atoms with E-state index in [-0.39, 0.29) is 17.7 Å². The Labute approximate surface area is 191 Å². The van der Waals surface area contributed by atoms with Crippen LogP contribution >= 0.6 is 0 Å². The van der Waals surface area contributed by atoms with Gasteiger partial charge in [0.25, 0.3) is 0 Å². The lowest BCUT2D eigenvalue weighted by Gasteiger charge is -2.29. The van der Waals surface area contributed by atoms with Crippen molar-refractivity contribution in [2.45, 2.75) is 18.9 Å². The second-order valence-corrected chi connectivity index (χ2v) is 7.92. The number of hydrogen-bond acceptors (Lipinski definition) is 6. The molecule has 1 atom stereocenters. The van der Waals surface area contributed by atoms with Crippen LogP contribution in [0.5, 0.6) is 5.75 Å². The van der Waals surface area contributed by atoms with E-state index in [4.69, 9.17) is 21.9 Å². The molecule has 164 valence electrons. The molecule has 0 amide bonds. The number of fused-ring (bicyclic) bond motifs is 1. The van der Waals surface area contributed by atoms with Gasteiger partial charge in [-0.15, -0.1) is 6.42 Å². The Morgan fingerprint density at radius 2 is 2.03 bits per heavy atom. The maximum Gasteiger partial charge on any atom is 0.150 e. The maximum absolute atomic E-state index is 14.0. The third-order valence-electron chi connectivity index (χ3n) is 6.06. The van der Waals surface area contributed by atoms with E-state index in [9.17, 15) is 4.39 Å². The molecule has 0 aliphatic carbocycles. The molecule has 0 radical (unpaired) electrons. The number of aromatic nitrogens is 3. The summed E-state index contributed by atoms with van der Waals surface area (Å²) in [6, 6.07) is 14.4. The van der Waals surface area contributed by atoms with Crippen molar-refractivity contribution in [2.24, 2.45) is 0 Å². The molecule has 0 spiro atoms. The molecule has 5 rings (SSSR count). The summed E-state index contributed by atoms with van der Waals surface area (Å²) >= 11 is 0. The minimum atomic E-state index is -0.327. The van der Waals surface area contributed by atoms with Crippen molar-refractivity contribution in [1.82, 2.24) is 15.0 Å². The summed E-state index contributed by atoms with van der Waals surface area (Å²) in [5.74, 6) is 3.93. The van der Waals surface area contributed by atoms with E-state index in [1.54, 1.807) is 13.2 Å². The van der Waals surface area contributed by atoms with E-state index in [1.807, 2.05) is 24.3 Å². The molecule has 1 aliphatic heterocycles. The van der Waals surface area contributed by atoms with E-state index in [0.29, 0.717) is 22.6 Å². The van der Waals surface area contributed by atoms with Gasteiger partial charge >= 0.3 is 0 Å². The van der Waals surface area contributed by atoms with Crippen LogP contribution in [-0.2, 0) is 0 Å². The SMILES string of the molecule is C#Cc1c(N)ncnc1N1CCCC1c1cc2ccc(F)cc2nc1-c1ccccc1OC. The van der Waals surface area contributed by atoms with Crippen LogP contribution in [0.25, 0.3) is 22.2 Å². The number of pyridine rings is 1. The Bertz CT molecular complexity index is 1400. The predicted molar refractivity (Wildman–Crippen MR) is 127 cm³/mol. The van der Waals surface area contributed by atoms with Crippen molar-refractivity contribution in [2.75, 3.05) is 24.3 Å². The van der Waals surface area contributed by atoms with Crippen molar-refractivity contribution in [3.05, 3.63) is 71.8 Å². The Morgan fingerprint density at radius 3 is 2.85 bits per heavy atom. The highest BCUT2D eigenvalue weighted by Crippen LogP contribution is 2.43. The number of nitrogens with two attached hydrogens (primary N) is 1. The highest BCUT2D eigenvalue weighted by Gasteiger charge is 2.32. The molecule has 2 N–H and O–H groups in total. The van der Waals surface area contributed by atoms with Crippen LogP contribution < -0.4 is 15.4 Å². The number of benzene rings is 2. The lowest BCUT2D eigenvalue weighted by molar-refractivity contribution is 0.416. The van der Waals surface area contributed by atoms with Gasteiger partial charge in [0, 0.05) is 29.1 Å². The Hall–Kier alpha value is -4.18. The number of rotatable bonds is 4. The second kappa shape index (κ2) is 8.40. The van der Waals surface area contributed by atoms with Gasteiger partial charge < -0.3 is 15.4 Å². The summed E-state index contributed by atoms with van der Waals surface area (Å²) in [4.78, 5) is 15.6. The van der Waals surface area contributed by atoms with Crippen LogP contribution in [0.2, 0.25) is 0 Å². The lowest BCUT2D eigenvalue weighted by atomic mass is 9.95. The third kappa shape index (κ3) is 3.60. The van der Waals surface area contributed by atoms with Crippen molar-refractivity contribution in [1.29, 1.82) is 0 Å². The summed E-state index contributed by atoms with van der Waals surface area (Å²) in [5.41, 5.74) is 9.69. The van der Waals surface area contributed by atoms with E-state index < -0.39 is 0 Å². The van der Waals surface area contributed by atoms with Crippen molar-refractivity contribution >= 4 is 22.5 Å². The van der Waals surface area contributed by atoms with Gasteiger partial charge in [0.2, 0.25) is 0 Å². The number of nitrogens with zero attached hydrogens (tertiary/aromatic N) is 4. The summed E-state index contributed by atoms with van der Waals surface area (Å²) < 4.78 is 19.6. The van der Waals surface area contributed by atoms with Crippen LogP contribution in [-0.4, -0.2) is 28.6 Å². The molecule has 1 unspecified atom stereocenters. The number of para-hydroxylation sites is 1. The average Bonchev–Trinajstić information content (AvgIpc) is 3.32. The van der Waals surface area contributed by atoms with Gasteiger partial charge in [0.1, 0.15) is 29.3 Å². The van der Waals surface area contributed by atoms with Gasteiger partial charge in [-0.3, -0.25) is 0 Å². The molecule has 1 fully saturated rings. The summed E-state index contributed by atoms with van der Waals surface area (Å²) in [6.07, 6.45) is 9.01. The van der Waals surface area contributed by atoms with E-state index in [1.165, 1.54) is 18.5 Å². The van der Waals surface area contributed by atoms with Gasteiger partial charge in [-0.2, -0.15) is 0 Å².